The minimum absolute atomic E-state index is 1.08. The number of halogens is 2. The molecule has 19 heavy (non-hydrogen) atoms. The summed E-state index contributed by atoms with van der Waals surface area (Å²) in [7, 11) is 0. The molecule has 4 heteroatoms. The van der Waals surface area contributed by atoms with E-state index in [2.05, 4.69) is 69.6 Å². The molecular formula is C15H14Br2S2. The van der Waals surface area contributed by atoms with Crippen LogP contribution in [0.2, 0.25) is 0 Å². The van der Waals surface area contributed by atoms with E-state index in [0.717, 1.165) is 12.8 Å². The zero-order chi connectivity index (χ0) is 13.8. The van der Waals surface area contributed by atoms with Gasteiger partial charge in [-0.2, -0.15) is 0 Å². The van der Waals surface area contributed by atoms with E-state index in [1.807, 2.05) is 17.4 Å². The smallest absolute Gasteiger partial charge is 0.0742 e. The van der Waals surface area contributed by atoms with Crippen molar-refractivity contribution in [2.75, 3.05) is 0 Å². The van der Waals surface area contributed by atoms with Gasteiger partial charge in [-0.15, -0.1) is 22.7 Å². The van der Waals surface area contributed by atoms with E-state index in [0.29, 0.717) is 0 Å². The zero-order valence-electron chi connectivity index (χ0n) is 10.6. The lowest BCUT2D eigenvalue weighted by Gasteiger charge is -1.97. The van der Waals surface area contributed by atoms with Gasteiger partial charge in [-0.3, -0.25) is 0 Å². The summed E-state index contributed by atoms with van der Waals surface area (Å²) in [5, 5.41) is 0. The van der Waals surface area contributed by atoms with E-state index in [1.54, 1.807) is 11.3 Å². The van der Waals surface area contributed by atoms with Gasteiger partial charge in [0.2, 0.25) is 0 Å². The summed E-state index contributed by atoms with van der Waals surface area (Å²) < 4.78 is 2.42. The Labute approximate surface area is 139 Å². The quantitative estimate of drug-likeness (QED) is 0.474. The van der Waals surface area contributed by atoms with Crippen LogP contribution in [0.4, 0.5) is 0 Å². The number of hydrogen-bond acceptors (Lipinski definition) is 2. The molecule has 0 bridgehead atoms. The highest BCUT2D eigenvalue weighted by molar-refractivity contribution is 9.12. The summed E-state index contributed by atoms with van der Waals surface area (Å²) in [6, 6.07) is 6.63. The van der Waals surface area contributed by atoms with Crippen LogP contribution in [0.1, 0.15) is 22.2 Å². The fourth-order valence-corrected chi connectivity index (χ4v) is 5.69. The van der Waals surface area contributed by atoms with Crippen LogP contribution in [-0.4, -0.2) is 0 Å². The SMILES string of the molecule is C=C/C=C(\C)c1ccc(CCc2cc(Br)sc2Br)s1. The highest BCUT2D eigenvalue weighted by atomic mass is 79.9. The maximum atomic E-state index is 3.74. The van der Waals surface area contributed by atoms with Gasteiger partial charge in [-0.05, 0) is 81.0 Å². The molecule has 100 valence electrons. The Morgan fingerprint density at radius 1 is 1.26 bits per heavy atom. The summed E-state index contributed by atoms with van der Waals surface area (Å²) in [6.45, 7) is 5.87. The lowest BCUT2D eigenvalue weighted by molar-refractivity contribution is 0.982. The summed E-state index contributed by atoms with van der Waals surface area (Å²) in [6.07, 6.45) is 6.07. The molecule has 0 nitrogen and oxygen atoms in total. The number of hydrogen-bond donors (Lipinski definition) is 0. The van der Waals surface area contributed by atoms with Crippen LogP contribution in [0.25, 0.3) is 5.57 Å². The first-order valence-corrected chi connectivity index (χ1v) is 9.14. The van der Waals surface area contributed by atoms with Gasteiger partial charge in [-0.1, -0.05) is 18.7 Å². The molecule has 2 aromatic rings. The predicted molar refractivity (Wildman–Crippen MR) is 95.3 cm³/mol. The van der Waals surface area contributed by atoms with Gasteiger partial charge in [0.15, 0.2) is 0 Å². The molecule has 0 saturated heterocycles. The van der Waals surface area contributed by atoms with Crippen LogP contribution < -0.4 is 0 Å². The van der Waals surface area contributed by atoms with Crippen LogP contribution in [0.5, 0.6) is 0 Å². The molecule has 0 aliphatic rings. The summed E-state index contributed by atoms with van der Waals surface area (Å²) in [5.74, 6) is 0. The lowest BCUT2D eigenvalue weighted by atomic mass is 10.1. The van der Waals surface area contributed by atoms with Crippen molar-refractivity contribution in [3.05, 3.63) is 59.8 Å². The van der Waals surface area contributed by atoms with Gasteiger partial charge >= 0.3 is 0 Å². The van der Waals surface area contributed by atoms with Crippen LogP contribution in [0.3, 0.4) is 0 Å². The third-order valence-corrected chi connectivity index (χ3v) is 6.53. The number of rotatable bonds is 5. The highest BCUT2D eigenvalue weighted by Gasteiger charge is 2.07. The van der Waals surface area contributed by atoms with E-state index in [9.17, 15) is 0 Å². The maximum Gasteiger partial charge on any atom is 0.0742 e. The Morgan fingerprint density at radius 3 is 2.68 bits per heavy atom. The maximum absolute atomic E-state index is 3.74. The molecule has 0 aliphatic heterocycles. The molecule has 0 aromatic carbocycles. The molecule has 2 aromatic heterocycles. The van der Waals surface area contributed by atoms with Crippen molar-refractivity contribution in [1.29, 1.82) is 0 Å². The number of aryl methyl sites for hydroxylation is 2. The normalized spacial score (nSPS) is 11.8. The summed E-state index contributed by atoms with van der Waals surface area (Å²) >= 11 is 10.7. The number of thiophene rings is 2. The Balaban J connectivity index is 2.03. The van der Waals surface area contributed by atoms with Gasteiger partial charge < -0.3 is 0 Å². The van der Waals surface area contributed by atoms with Gasteiger partial charge in [0.25, 0.3) is 0 Å². The van der Waals surface area contributed by atoms with Gasteiger partial charge in [0, 0.05) is 9.75 Å². The molecule has 2 heterocycles. The molecule has 0 amide bonds. The second-order valence-corrected chi connectivity index (χ2v) is 9.12. The van der Waals surface area contributed by atoms with E-state index in [1.165, 1.54) is 28.5 Å². The van der Waals surface area contributed by atoms with Gasteiger partial charge in [0.1, 0.15) is 0 Å². The highest BCUT2D eigenvalue weighted by Crippen LogP contribution is 2.33. The predicted octanol–water partition coefficient (Wildman–Crippen LogP) is 6.71. The molecule has 0 saturated carbocycles. The third kappa shape index (κ3) is 4.15. The fraction of sp³-hybridized carbons (Fsp3) is 0.200. The Morgan fingerprint density at radius 2 is 2.05 bits per heavy atom. The standard InChI is InChI=1S/C15H14Br2S2/c1-3-4-10(2)13-8-7-12(18-13)6-5-11-9-14(16)19-15(11)17/h3-4,7-9H,1,5-6H2,2H3/b10-4+. The first-order valence-electron chi connectivity index (χ1n) is 5.92. The minimum Gasteiger partial charge on any atom is -0.141 e. The lowest BCUT2D eigenvalue weighted by Crippen LogP contribution is -1.86. The summed E-state index contributed by atoms with van der Waals surface area (Å²) in [4.78, 5) is 2.77. The number of allylic oxidation sites excluding steroid dienone is 3. The van der Waals surface area contributed by atoms with E-state index >= 15 is 0 Å². The second kappa shape index (κ2) is 7.02. The van der Waals surface area contributed by atoms with Crippen molar-refractivity contribution in [3.63, 3.8) is 0 Å². The molecule has 0 unspecified atom stereocenters. The second-order valence-electron chi connectivity index (χ2n) is 4.20. The minimum atomic E-state index is 1.08. The van der Waals surface area contributed by atoms with Crippen molar-refractivity contribution in [2.24, 2.45) is 0 Å². The Bertz CT molecular complexity index is 605. The van der Waals surface area contributed by atoms with Crippen LogP contribution >= 0.6 is 54.5 Å². The van der Waals surface area contributed by atoms with Crippen molar-refractivity contribution in [2.45, 2.75) is 19.8 Å². The van der Waals surface area contributed by atoms with Gasteiger partial charge in [0.05, 0.1) is 7.57 Å². The topological polar surface area (TPSA) is 0 Å². The molecule has 2 rings (SSSR count). The van der Waals surface area contributed by atoms with Crippen molar-refractivity contribution < 1.29 is 0 Å². The molecule has 0 aliphatic carbocycles. The monoisotopic (exact) mass is 416 g/mol. The molecule has 0 spiro atoms. The van der Waals surface area contributed by atoms with Crippen LogP contribution in [0.15, 0.2) is 44.5 Å². The first kappa shape index (κ1) is 15.2. The first-order chi connectivity index (χ1) is 9.10. The van der Waals surface area contributed by atoms with E-state index in [4.69, 9.17) is 0 Å². The van der Waals surface area contributed by atoms with Crippen LogP contribution in [0, 0.1) is 0 Å². The average Bonchev–Trinajstić information content (AvgIpc) is 2.94. The van der Waals surface area contributed by atoms with Crippen molar-refractivity contribution >= 4 is 60.1 Å². The third-order valence-electron chi connectivity index (χ3n) is 2.79. The molecule has 0 N–H and O–H groups in total. The average molecular weight is 418 g/mol. The molecule has 0 atom stereocenters. The summed E-state index contributed by atoms with van der Waals surface area (Å²) in [5.41, 5.74) is 2.66. The van der Waals surface area contributed by atoms with Crippen molar-refractivity contribution in [1.82, 2.24) is 0 Å². The molecule has 0 fully saturated rings. The zero-order valence-corrected chi connectivity index (χ0v) is 15.4. The fourth-order valence-electron chi connectivity index (χ4n) is 1.79. The molecule has 0 radical (unpaired) electrons. The largest absolute Gasteiger partial charge is 0.141 e. The molecular weight excluding hydrogens is 404 g/mol. The Kier molecular flexibility index (Phi) is 5.63. The van der Waals surface area contributed by atoms with E-state index < -0.39 is 0 Å². The van der Waals surface area contributed by atoms with Gasteiger partial charge in [-0.25, -0.2) is 0 Å². The van der Waals surface area contributed by atoms with Crippen LogP contribution in [-0.2, 0) is 12.8 Å². The van der Waals surface area contributed by atoms with Crippen molar-refractivity contribution in [3.8, 4) is 0 Å². The Hall–Kier alpha value is -0.160. The van der Waals surface area contributed by atoms with E-state index in [-0.39, 0.29) is 0 Å².